The van der Waals surface area contributed by atoms with E-state index in [0.29, 0.717) is 26.2 Å². The van der Waals surface area contributed by atoms with Crippen LogP contribution < -0.4 is 9.80 Å². The number of rotatable bonds is 19. The highest BCUT2D eigenvalue weighted by Gasteiger charge is 2.23. The number of hydrogen-bond donors (Lipinski definition) is 0. The number of para-hydroxylation sites is 8. The number of nitrogens with zero attached hydrogens (tertiary/aromatic N) is 12. The first kappa shape index (κ1) is 48.6. The molecule has 0 saturated heterocycles. The number of hydrogen-bond acceptors (Lipinski definition) is 8. The van der Waals surface area contributed by atoms with Crippen LogP contribution in [0.25, 0.3) is 76.8 Å². The lowest BCUT2D eigenvalue weighted by Crippen LogP contribution is -2.30. The van der Waals surface area contributed by atoms with Gasteiger partial charge in [0.05, 0.1) is 70.3 Å². The second-order valence-electron chi connectivity index (χ2n) is 20.6. The number of aromatic nitrogens is 8. The van der Waals surface area contributed by atoms with Crippen molar-refractivity contribution in [3.63, 3.8) is 0 Å². The summed E-state index contributed by atoms with van der Waals surface area (Å²) in [6.07, 6.45) is 1.89. The molecule has 0 amide bonds. The molecule has 12 heteroatoms. The van der Waals surface area contributed by atoms with Crippen molar-refractivity contribution >= 4 is 77.1 Å². The number of anilines is 2. The molecule has 12 rings (SSSR count). The summed E-state index contributed by atoms with van der Waals surface area (Å²) in [7, 11) is 13.1. The summed E-state index contributed by atoms with van der Waals surface area (Å²) >= 11 is 0. The lowest BCUT2D eigenvalue weighted by atomic mass is 9.90. The Morgan fingerprint density at radius 2 is 0.618 bits per heavy atom. The summed E-state index contributed by atoms with van der Waals surface area (Å²) in [6.45, 7) is 6.29. The van der Waals surface area contributed by atoms with Crippen LogP contribution in [0.2, 0.25) is 0 Å². The van der Waals surface area contributed by atoms with Crippen molar-refractivity contribution in [1.29, 1.82) is 0 Å². The Kier molecular flexibility index (Phi) is 13.3. The molecule has 0 fully saturated rings. The third-order valence-corrected chi connectivity index (χ3v) is 15.8. The Bertz CT molecular complexity index is 3620. The fraction of sp³-hybridized carbons (Fsp3) is 0.250. The van der Waals surface area contributed by atoms with Crippen molar-refractivity contribution in [2.45, 2.75) is 39.0 Å². The van der Waals surface area contributed by atoms with Crippen LogP contribution in [0, 0.1) is 0 Å². The fourth-order valence-electron chi connectivity index (χ4n) is 11.6. The Morgan fingerprint density at radius 3 is 0.934 bits per heavy atom. The van der Waals surface area contributed by atoms with E-state index in [9.17, 15) is 0 Å². The zero-order valence-corrected chi connectivity index (χ0v) is 44.6. The molecular weight excluding hydrogens is 937 g/mol. The molecule has 12 aromatic rings. The average molecular weight is 1000 g/mol. The lowest BCUT2D eigenvalue weighted by Gasteiger charge is -2.30. The zero-order valence-electron chi connectivity index (χ0n) is 44.6. The number of imidazole rings is 4. The van der Waals surface area contributed by atoms with Crippen LogP contribution in [0.5, 0.6) is 0 Å². The molecule has 0 aliphatic carbocycles. The van der Waals surface area contributed by atoms with Crippen LogP contribution in [-0.2, 0) is 54.4 Å². The number of aryl methyl sites for hydroxylation is 4. The standard InChI is InChI=1S/C64H66N12/c1-69(37-19-39-75(41-59-65-49-25-11-15-29-53(49)71(59)3)42-60-66-50-26-12-16-30-54(50)72(60)4)57-35-33-45-21-7-9-23-47(45)63(57)64-48-24-10-8-22-46(48)34-36-58(64)70(2)38-20-40-76(43-61-67-51-27-13-17-31-55(51)73(61)5)44-62-68-52-28-14-18-32-56(52)74(62)6/h7-18,21-36H,19-20,37-44H2,1-6H3. The van der Waals surface area contributed by atoms with Crippen LogP contribution in [0.15, 0.2) is 170 Å². The first-order valence-corrected chi connectivity index (χ1v) is 26.7. The molecule has 0 bridgehead atoms. The number of benzene rings is 8. The lowest BCUT2D eigenvalue weighted by molar-refractivity contribution is 0.238. The maximum Gasteiger partial charge on any atom is 0.123 e. The maximum atomic E-state index is 5.12. The summed E-state index contributed by atoms with van der Waals surface area (Å²) in [5.41, 5.74) is 13.6. The third kappa shape index (κ3) is 9.32. The van der Waals surface area contributed by atoms with Gasteiger partial charge in [-0.05, 0) is 95.1 Å². The predicted octanol–water partition coefficient (Wildman–Crippen LogP) is 12.3. The second-order valence-corrected chi connectivity index (χ2v) is 20.6. The monoisotopic (exact) mass is 1000 g/mol. The van der Waals surface area contributed by atoms with E-state index in [0.717, 1.165) is 106 Å². The Balaban J connectivity index is 0.838. The molecule has 0 spiro atoms. The van der Waals surface area contributed by atoms with Gasteiger partial charge in [-0.1, -0.05) is 109 Å². The molecule has 0 aliphatic rings. The Hall–Kier alpha value is -8.32. The van der Waals surface area contributed by atoms with Gasteiger partial charge in [0.2, 0.25) is 0 Å². The van der Waals surface area contributed by atoms with Crippen molar-refractivity contribution in [2.75, 3.05) is 50.1 Å². The van der Waals surface area contributed by atoms with Gasteiger partial charge in [-0.2, -0.15) is 0 Å². The van der Waals surface area contributed by atoms with E-state index >= 15 is 0 Å². The Morgan fingerprint density at radius 1 is 0.329 bits per heavy atom. The minimum absolute atomic E-state index is 0.711. The van der Waals surface area contributed by atoms with E-state index < -0.39 is 0 Å². The minimum atomic E-state index is 0.711. The second kappa shape index (κ2) is 20.8. The molecule has 4 aromatic heterocycles. The van der Waals surface area contributed by atoms with Crippen molar-refractivity contribution in [2.24, 2.45) is 28.2 Å². The molecule has 0 aliphatic heterocycles. The molecular formula is C64H66N12. The van der Waals surface area contributed by atoms with Crippen LogP contribution in [0.3, 0.4) is 0 Å². The van der Waals surface area contributed by atoms with Crippen molar-refractivity contribution in [3.05, 3.63) is 193 Å². The predicted molar refractivity (Wildman–Crippen MR) is 314 cm³/mol. The van der Waals surface area contributed by atoms with E-state index in [4.69, 9.17) is 19.9 Å². The van der Waals surface area contributed by atoms with Crippen LogP contribution in [0.1, 0.15) is 36.1 Å². The van der Waals surface area contributed by atoms with Crippen molar-refractivity contribution in [1.82, 2.24) is 48.0 Å². The van der Waals surface area contributed by atoms with Gasteiger partial charge >= 0.3 is 0 Å². The molecule has 76 heavy (non-hydrogen) atoms. The fourth-order valence-corrected chi connectivity index (χ4v) is 11.6. The summed E-state index contributed by atoms with van der Waals surface area (Å²) in [5.74, 6) is 4.20. The molecule has 0 atom stereocenters. The topological polar surface area (TPSA) is 84.2 Å². The zero-order chi connectivity index (χ0) is 51.9. The smallest absolute Gasteiger partial charge is 0.123 e. The molecule has 0 N–H and O–H groups in total. The highest BCUT2D eigenvalue weighted by atomic mass is 15.2. The largest absolute Gasteiger partial charge is 0.374 e. The number of fused-ring (bicyclic) bond motifs is 6. The third-order valence-electron chi connectivity index (χ3n) is 15.8. The first-order valence-electron chi connectivity index (χ1n) is 26.7. The van der Waals surface area contributed by atoms with Gasteiger partial charge < -0.3 is 28.1 Å². The molecule has 382 valence electrons. The van der Waals surface area contributed by atoms with Gasteiger partial charge in [0.15, 0.2) is 0 Å². The van der Waals surface area contributed by atoms with E-state index in [-0.39, 0.29) is 0 Å². The van der Waals surface area contributed by atoms with Gasteiger partial charge in [0.1, 0.15) is 23.3 Å². The molecule has 8 aromatic carbocycles. The van der Waals surface area contributed by atoms with Crippen LogP contribution in [0.4, 0.5) is 11.4 Å². The average Bonchev–Trinajstić information content (AvgIpc) is 4.16. The van der Waals surface area contributed by atoms with Gasteiger partial charge in [-0.15, -0.1) is 0 Å². The van der Waals surface area contributed by atoms with Crippen LogP contribution in [-0.4, -0.2) is 88.3 Å². The molecule has 0 unspecified atom stereocenters. The summed E-state index contributed by atoms with van der Waals surface area (Å²) < 4.78 is 8.97. The first-order chi connectivity index (χ1) is 37.2. The SMILES string of the molecule is CN(CCCN(Cc1nc2ccccc2n1C)Cc1nc2ccccc2n1C)c1ccc2ccccc2c1-c1c(N(C)CCCN(Cc2nc3ccccc3n2C)Cc2nc3ccccc3n2C)ccc2ccccc12. The van der Waals surface area contributed by atoms with Crippen molar-refractivity contribution in [3.8, 4) is 11.1 Å². The normalized spacial score (nSPS) is 12.1. The summed E-state index contributed by atoms with van der Waals surface area (Å²) in [5, 5.41) is 4.96. The quantitative estimate of drug-likeness (QED) is 0.0792. The van der Waals surface area contributed by atoms with Gasteiger partial charge in [-0.25, -0.2) is 19.9 Å². The highest BCUT2D eigenvalue weighted by Crippen LogP contribution is 2.45. The molecule has 0 saturated carbocycles. The summed E-state index contributed by atoms with van der Waals surface area (Å²) in [6, 6.07) is 60.8. The minimum Gasteiger partial charge on any atom is -0.374 e. The van der Waals surface area contributed by atoms with Gasteiger partial charge in [0, 0.05) is 91.0 Å². The van der Waals surface area contributed by atoms with Gasteiger partial charge in [-0.3, -0.25) is 9.80 Å². The highest BCUT2D eigenvalue weighted by molar-refractivity contribution is 6.13. The molecule has 12 nitrogen and oxygen atoms in total. The maximum absolute atomic E-state index is 5.12. The summed E-state index contributed by atoms with van der Waals surface area (Å²) in [4.78, 5) is 30.5. The van der Waals surface area contributed by atoms with Gasteiger partial charge in [0.25, 0.3) is 0 Å². The van der Waals surface area contributed by atoms with Crippen molar-refractivity contribution < 1.29 is 0 Å². The Labute approximate surface area is 444 Å². The van der Waals surface area contributed by atoms with E-state index in [1.54, 1.807) is 0 Å². The van der Waals surface area contributed by atoms with E-state index in [1.165, 1.54) is 44.0 Å². The van der Waals surface area contributed by atoms with E-state index in [1.807, 2.05) is 0 Å². The molecule has 0 radical (unpaired) electrons. The molecule has 4 heterocycles. The van der Waals surface area contributed by atoms with E-state index in [2.05, 4.69) is 250 Å². The van der Waals surface area contributed by atoms with Crippen LogP contribution >= 0.6 is 0 Å².